The first kappa shape index (κ1) is 47.8. The zero-order chi connectivity index (χ0) is 44.4. The van der Waals surface area contributed by atoms with E-state index >= 15 is 0 Å². The average Bonchev–Trinajstić information content (AvgIpc) is 3.89. The number of esters is 2. The third-order valence-electron chi connectivity index (χ3n) is 17.4. The second kappa shape index (κ2) is 20.1. The summed E-state index contributed by atoms with van der Waals surface area (Å²) in [5.41, 5.74) is -0.337. The minimum absolute atomic E-state index is 0.0162. The Morgan fingerprint density at radius 2 is 1.53 bits per heavy atom. The lowest BCUT2D eigenvalue weighted by molar-refractivity contribution is -0.299. The predicted octanol–water partition coefficient (Wildman–Crippen LogP) is 7.21. The predicted molar refractivity (Wildman–Crippen MR) is 231 cm³/mol. The fourth-order valence-corrected chi connectivity index (χ4v) is 13.6. The summed E-state index contributed by atoms with van der Waals surface area (Å²) in [6.07, 6.45) is 16.1. The van der Waals surface area contributed by atoms with Crippen LogP contribution >= 0.6 is 0 Å². The Morgan fingerprint density at radius 3 is 2.19 bits per heavy atom. The van der Waals surface area contributed by atoms with Gasteiger partial charge in [-0.25, -0.2) is 4.79 Å². The van der Waals surface area contributed by atoms with Crippen LogP contribution in [-0.4, -0.2) is 106 Å². The van der Waals surface area contributed by atoms with Crippen molar-refractivity contribution in [3.05, 3.63) is 23.3 Å². The minimum Gasteiger partial charge on any atom is -0.463 e. The van der Waals surface area contributed by atoms with E-state index in [2.05, 4.69) is 20.8 Å². The summed E-state index contributed by atoms with van der Waals surface area (Å²) in [7, 11) is 0. The molecule has 0 amide bonds. The topological polar surface area (TPSA) is 182 Å². The van der Waals surface area contributed by atoms with Crippen LogP contribution in [0.2, 0.25) is 0 Å². The zero-order valence-electron chi connectivity index (χ0n) is 38.3. The molecular weight excluding hydrogens is 793 g/mol. The molecule has 0 aromatic rings. The van der Waals surface area contributed by atoms with Gasteiger partial charge in [0.15, 0.2) is 12.1 Å². The van der Waals surface area contributed by atoms with Gasteiger partial charge in [0.05, 0.1) is 23.7 Å². The molecule has 12 nitrogen and oxygen atoms in total. The Balaban J connectivity index is 0.849. The van der Waals surface area contributed by atoms with E-state index in [4.69, 9.17) is 23.7 Å². The summed E-state index contributed by atoms with van der Waals surface area (Å²) < 4.78 is 29.6. The maximum absolute atomic E-state index is 13.6. The lowest BCUT2D eigenvalue weighted by Crippen LogP contribution is -2.63. The monoisotopic (exact) mass is 871 g/mol. The SMILES string of the molecule is CCCCCCCCCCCCCCCC(=O)OC[C@H]1O[C@@H](OCC2=C(C)C[C@@H]([C@@H](C)[C@H]3CC[C@H]4[C@@H]5C[C@H]6O[C@]67[C@@H](O)C=CC(=O)[C@]7(C)[C@H]5CC[C@]34C)OC2=O)[C@H](O)[C@@H](O)[C@@H]1O. The van der Waals surface area contributed by atoms with E-state index in [-0.39, 0.29) is 54.9 Å². The minimum atomic E-state index is -1.61. The number of hydrogen-bond donors (Lipinski definition) is 4. The van der Waals surface area contributed by atoms with Gasteiger partial charge in [0.25, 0.3) is 0 Å². The number of epoxide rings is 1. The highest BCUT2D eigenvalue weighted by Crippen LogP contribution is 2.73. The third kappa shape index (κ3) is 9.15. The van der Waals surface area contributed by atoms with Crippen LogP contribution in [0.4, 0.5) is 0 Å². The fraction of sp³-hybridized carbons (Fsp3) is 0.860. The number of ether oxygens (including phenoxy) is 5. The van der Waals surface area contributed by atoms with Gasteiger partial charge < -0.3 is 44.1 Å². The van der Waals surface area contributed by atoms with Crippen molar-refractivity contribution >= 4 is 17.7 Å². The second-order valence-electron chi connectivity index (χ2n) is 20.9. The fourth-order valence-electron chi connectivity index (χ4n) is 13.6. The number of ketones is 1. The molecule has 1 spiro atoms. The number of aliphatic hydroxyl groups is 4. The number of fused-ring (bicyclic) bond motifs is 4. The van der Waals surface area contributed by atoms with Gasteiger partial charge in [0.2, 0.25) is 0 Å². The molecule has 2 saturated heterocycles. The Kier molecular flexibility index (Phi) is 15.5. The summed E-state index contributed by atoms with van der Waals surface area (Å²) in [4.78, 5) is 39.7. The van der Waals surface area contributed by atoms with Crippen molar-refractivity contribution in [2.45, 2.75) is 218 Å². The van der Waals surface area contributed by atoms with Crippen molar-refractivity contribution in [1.82, 2.24) is 0 Å². The van der Waals surface area contributed by atoms with Crippen LogP contribution in [0, 0.1) is 40.4 Å². The van der Waals surface area contributed by atoms with Crippen molar-refractivity contribution in [2.75, 3.05) is 13.2 Å². The van der Waals surface area contributed by atoms with Gasteiger partial charge in [0, 0.05) is 12.8 Å². The van der Waals surface area contributed by atoms with Crippen LogP contribution in [0.5, 0.6) is 0 Å². The first-order valence-corrected chi connectivity index (χ1v) is 24.6. The molecule has 0 aromatic heterocycles. The molecule has 12 heteroatoms. The van der Waals surface area contributed by atoms with Gasteiger partial charge >= 0.3 is 11.9 Å². The number of aliphatic hydroxyl groups excluding tert-OH is 4. The number of carbonyl (C=O) groups excluding carboxylic acids is 3. The quantitative estimate of drug-likeness (QED) is 0.0518. The average molecular weight is 871 g/mol. The van der Waals surface area contributed by atoms with Gasteiger partial charge in [-0.3, -0.25) is 9.59 Å². The largest absolute Gasteiger partial charge is 0.463 e. The standard InChI is InChI=1S/C50H78O12/c1-6-7-8-9-10-11-12-13-14-15-16-17-18-19-42(53)58-29-38-43(54)44(55)45(56)47(61-38)59-28-33-30(2)26-37(60-46(33)57)31(3)34-20-21-35-32-27-41-50(62-41)40(52)23-22-39(51)49(50,5)36(32)24-25-48(34,35)4/h22-23,31-32,34-38,40-41,43-45,47,52,54-56H,6-21,24-29H2,1-5H3/t31-,32-,34+,35-,36-,37-,38+,40-,41+,43+,44-,45+,47+,48+,49-,50+/m0/s1. The van der Waals surface area contributed by atoms with E-state index < -0.39 is 59.8 Å². The Bertz CT molecular complexity index is 1640. The molecule has 0 bridgehead atoms. The lowest BCUT2D eigenvalue weighted by Gasteiger charge is -2.58. The molecule has 0 aromatic carbocycles. The highest BCUT2D eigenvalue weighted by molar-refractivity contribution is 5.98. The Labute approximate surface area is 369 Å². The van der Waals surface area contributed by atoms with Gasteiger partial charge in [-0.2, -0.15) is 0 Å². The molecule has 4 N–H and O–H groups in total. The number of allylic oxidation sites excluding steroid dienone is 1. The second-order valence-corrected chi connectivity index (χ2v) is 20.9. The molecule has 350 valence electrons. The van der Waals surface area contributed by atoms with Crippen LogP contribution in [0.15, 0.2) is 23.3 Å². The van der Waals surface area contributed by atoms with E-state index in [1.807, 2.05) is 13.8 Å². The highest BCUT2D eigenvalue weighted by Gasteiger charge is 2.80. The zero-order valence-corrected chi connectivity index (χ0v) is 38.3. The van der Waals surface area contributed by atoms with Gasteiger partial charge in [0.1, 0.15) is 48.8 Å². The number of cyclic esters (lactones) is 1. The molecule has 0 radical (unpaired) electrons. The summed E-state index contributed by atoms with van der Waals surface area (Å²) in [6.45, 7) is 10.3. The molecule has 3 saturated carbocycles. The smallest absolute Gasteiger partial charge is 0.336 e. The lowest BCUT2D eigenvalue weighted by atomic mass is 9.44. The highest BCUT2D eigenvalue weighted by atomic mass is 16.7. The maximum Gasteiger partial charge on any atom is 0.336 e. The Hall–Kier alpha value is -2.19. The van der Waals surface area contributed by atoms with Crippen molar-refractivity contribution in [2.24, 2.45) is 40.4 Å². The summed E-state index contributed by atoms with van der Waals surface area (Å²) in [5.74, 6) is 0.497. The number of rotatable bonds is 21. The van der Waals surface area contributed by atoms with Crippen molar-refractivity contribution in [1.29, 1.82) is 0 Å². The van der Waals surface area contributed by atoms with Gasteiger partial charge in [-0.15, -0.1) is 0 Å². The number of hydrogen-bond acceptors (Lipinski definition) is 12. The van der Waals surface area contributed by atoms with Crippen molar-refractivity contribution in [3.63, 3.8) is 0 Å². The first-order valence-electron chi connectivity index (χ1n) is 24.6. The molecule has 16 atom stereocenters. The van der Waals surface area contributed by atoms with Crippen LogP contribution in [0.25, 0.3) is 0 Å². The van der Waals surface area contributed by atoms with E-state index in [0.717, 1.165) is 50.5 Å². The van der Waals surface area contributed by atoms with Crippen LogP contribution in [0.3, 0.4) is 0 Å². The molecule has 4 aliphatic carbocycles. The van der Waals surface area contributed by atoms with Crippen molar-refractivity contribution < 1.29 is 58.5 Å². The normalized spacial score (nSPS) is 41.5. The molecule has 62 heavy (non-hydrogen) atoms. The summed E-state index contributed by atoms with van der Waals surface area (Å²) >= 11 is 0. The van der Waals surface area contributed by atoms with E-state index in [1.165, 1.54) is 64.2 Å². The molecule has 5 fully saturated rings. The molecule has 0 unspecified atom stereocenters. The van der Waals surface area contributed by atoms with Gasteiger partial charge in [-0.1, -0.05) is 103 Å². The van der Waals surface area contributed by atoms with Crippen molar-refractivity contribution in [3.8, 4) is 0 Å². The molecule has 7 aliphatic rings. The van der Waals surface area contributed by atoms with Crippen LogP contribution in [0.1, 0.15) is 163 Å². The van der Waals surface area contributed by atoms with Crippen LogP contribution in [-0.2, 0) is 38.1 Å². The van der Waals surface area contributed by atoms with E-state index in [9.17, 15) is 34.8 Å². The third-order valence-corrected chi connectivity index (χ3v) is 17.4. The molecule has 3 aliphatic heterocycles. The summed E-state index contributed by atoms with van der Waals surface area (Å²) in [6, 6.07) is 0. The maximum atomic E-state index is 13.6. The first-order chi connectivity index (χ1) is 29.7. The summed E-state index contributed by atoms with van der Waals surface area (Å²) in [5, 5.41) is 43.1. The number of unbranched alkanes of at least 4 members (excludes halogenated alkanes) is 12. The Morgan fingerprint density at radius 1 is 0.871 bits per heavy atom. The molecular formula is C50H78O12. The van der Waals surface area contributed by atoms with E-state index in [0.29, 0.717) is 36.2 Å². The molecule has 7 rings (SSSR count). The van der Waals surface area contributed by atoms with E-state index in [1.54, 1.807) is 12.2 Å². The van der Waals surface area contributed by atoms with Gasteiger partial charge in [-0.05, 0) is 99.5 Å². The molecule has 3 heterocycles. The number of carbonyl (C=O) groups is 3. The van der Waals surface area contributed by atoms with Crippen LogP contribution < -0.4 is 0 Å².